The van der Waals surface area contributed by atoms with E-state index in [1.807, 2.05) is 30.3 Å². The monoisotopic (exact) mass is 300 g/mol. The van der Waals surface area contributed by atoms with Gasteiger partial charge in [-0.15, -0.1) is 11.3 Å². The molecule has 0 atom stereocenters. The van der Waals surface area contributed by atoms with E-state index in [4.69, 9.17) is 5.26 Å². The van der Waals surface area contributed by atoms with Crippen molar-refractivity contribution in [3.05, 3.63) is 41.4 Å². The Kier molecular flexibility index (Phi) is 6.20. The van der Waals surface area contributed by atoms with Crippen LogP contribution in [0, 0.1) is 11.3 Å². The summed E-state index contributed by atoms with van der Waals surface area (Å²) < 4.78 is 0. The van der Waals surface area contributed by atoms with Crippen molar-refractivity contribution < 1.29 is 0 Å². The smallest absolute Gasteiger partial charge is 0.190 e. The lowest BCUT2D eigenvalue weighted by Crippen LogP contribution is -2.18. The second-order valence-electron chi connectivity index (χ2n) is 4.69. The minimum atomic E-state index is 0.484. The van der Waals surface area contributed by atoms with Crippen LogP contribution in [-0.4, -0.2) is 18.1 Å². The SMILES string of the molecule is CCCNCc1csc(N(CCC#N)c2ccccc2)n1. The summed E-state index contributed by atoms with van der Waals surface area (Å²) in [5.41, 5.74) is 2.14. The molecule has 1 heterocycles. The number of anilines is 2. The van der Waals surface area contributed by atoms with Gasteiger partial charge in [0, 0.05) is 24.2 Å². The molecular formula is C16H20N4S. The number of benzene rings is 1. The Morgan fingerprint density at radius 2 is 2.14 bits per heavy atom. The lowest BCUT2D eigenvalue weighted by atomic mass is 10.3. The van der Waals surface area contributed by atoms with E-state index in [9.17, 15) is 0 Å². The molecule has 0 spiro atoms. The van der Waals surface area contributed by atoms with E-state index in [2.05, 4.69) is 33.6 Å². The predicted molar refractivity (Wildman–Crippen MR) is 87.8 cm³/mol. The highest BCUT2D eigenvalue weighted by Gasteiger charge is 2.12. The van der Waals surface area contributed by atoms with Crippen LogP contribution in [0.3, 0.4) is 0 Å². The average molecular weight is 300 g/mol. The maximum atomic E-state index is 8.85. The first-order valence-corrected chi connectivity index (χ1v) is 8.07. The molecule has 4 nitrogen and oxygen atoms in total. The van der Waals surface area contributed by atoms with Crippen LogP contribution in [-0.2, 0) is 6.54 Å². The van der Waals surface area contributed by atoms with Crippen LogP contribution in [0.15, 0.2) is 35.7 Å². The molecular weight excluding hydrogens is 280 g/mol. The van der Waals surface area contributed by atoms with Crippen molar-refractivity contribution in [2.24, 2.45) is 0 Å². The first kappa shape index (κ1) is 15.5. The molecule has 0 aliphatic heterocycles. The molecule has 5 heteroatoms. The van der Waals surface area contributed by atoms with Crippen molar-refractivity contribution in [1.82, 2.24) is 10.3 Å². The normalized spacial score (nSPS) is 10.3. The van der Waals surface area contributed by atoms with Crippen LogP contribution >= 0.6 is 11.3 Å². The Balaban J connectivity index is 2.12. The number of para-hydroxylation sites is 1. The number of nitrogens with zero attached hydrogens (tertiary/aromatic N) is 3. The largest absolute Gasteiger partial charge is 0.317 e. The number of thiazole rings is 1. The van der Waals surface area contributed by atoms with Crippen LogP contribution in [0.5, 0.6) is 0 Å². The molecule has 0 saturated heterocycles. The number of rotatable bonds is 8. The van der Waals surface area contributed by atoms with Gasteiger partial charge >= 0.3 is 0 Å². The van der Waals surface area contributed by atoms with Crippen molar-refractivity contribution >= 4 is 22.2 Å². The molecule has 0 aliphatic carbocycles. The van der Waals surface area contributed by atoms with Gasteiger partial charge in [0.05, 0.1) is 18.2 Å². The van der Waals surface area contributed by atoms with E-state index < -0.39 is 0 Å². The summed E-state index contributed by atoms with van der Waals surface area (Å²) in [6.07, 6.45) is 1.60. The molecule has 0 saturated carbocycles. The molecule has 1 N–H and O–H groups in total. The topological polar surface area (TPSA) is 52.0 Å². The Morgan fingerprint density at radius 3 is 2.86 bits per heavy atom. The number of hydrogen-bond donors (Lipinski definition) is 1. The second kappa shape index (κ2) is 8.40. The zero-order chi connectivity index (χ0) is 14.9. The summed E-state index contributed by atoms with van der Waals surface area (Å²) >= 11 is 1.63. The third-order valence-corrected chi connectivity index (χ3v) is 3.93. The fraction of sp³-hybridized carbons (Fsp3) is 0.375. The summed E-state index contributed by atoms with van der Waals surface area (Å²) in [7, 11) is 0. The van der Waals surface area contributed by atoms with Gasteiger partial charge in [-0.25, -0.2) is 4.98 Å². The molecule has 2 aromatic rings. The summed E-state index contributed by atoms with van der Waals surface area (Å²) in [5.74, 6) is 0. The Bertz CT molecular complexity index is 573. The third-order valence-electron chi connectivity index (χ3n) is 3.02. The summed E-state index contributed by atoms with van der Waals surface area (Å²) in [6.45, 7) is 4.61. The molecule has 0 radical (unpaired) electrons. The van der Waals surface area contributed by atoms with Gasteiger partial charge in [-0.05, 0) is 25.1 Å². The molecule has 0 amide bonds. The molecule has 1 aromatic heterocycles. The Hall–Kier alpha value is -1.90. The molecule has 0 bridgehead atoms. The predicted octanol–water partition coefficient (Wildman–Crippen LogP) is 3.69. The minimum Gasteiger partial charge on any atom is -0.317 e. The van der Waals surface area contributed by atoms with E-state index in [0.717, 1.165) is 36.0 Å². The highest BCUT2D eigenvalue weighted by Crippen LogP contribution is 2.28. The van der Waals surface area contributed by atoms with Gasteiger partial charge in [-0.1, -0.05) is 25.1 Å². The molecule has 21 heavy (non-hydrogen) atoms. The third kappa shape index (κ3) is 4.55. The number of nitrogens with one attached hydrogen (secondary N) is 1. The second-order valence-corrected chi connectivity index (χ2v) is 5.53. The van der Waals surface area contributed by atoms with Gasteiger partial charge in [-0.2, -0.15) is 5.26 Å². The Labute approximate surface area is 130 Å². The lowest BCUT2D eigenvalue weighted by molar-refractivity contribution is 0.666. The van der Waals surface area contributed by atoms with Crippen LogP contribution < -0.4 is 10.2 Å². The fourth-order valence-electron chi connectivity index (χ4n) is 2.00. The molecule has 0 aliphatic rings. The molecule has 0 unspecified atom stereocenters. The van der Waals surface area contributed by atoms with Crippen LogP contribution in [0.2, 0.25) is 0 Å². The van der Waals surface area contributed by atoms with Crippen molar-refractivity contribution in [3.63, 3.8) is 0 Å². The van der Waals surface area contributed by atoms with Crippen LogP contribution in [0.25, 0.3) is 0 Å². The van der Waals surface area contributed by atoms with Crippen molar-refractivity contribution in [2.75, 3.05) is 18.0 Å². The Morgan fingerprint density at radius 1 is 1.33 bits per heavy atom. The maximum Gasteiger partial charge on any atom is 0.190 e. The van der Waals surface area contributed by atoms with Gasteiger partial charge in [0.25, 0.3) is 0 Å². The van der Waals surface area contributed by atoms with Crippen molar-refractivity contribution in [2.45, 2.75) is 26.3 Å². The lowest BCUT2D eigenvalue weighted by Gasteiger charge is -2.20. The molecule has 2 rings (SSSR count). The summed E-state index contributed by atoms with van der Waals surface area (Å²) in [5, 5.41) is 15.2. The van der Waals surface area contributed by atoms with E-state index in [1.165, 1.54) is 0 Å². The van der Waals surface area contributed by atoms with Gasteiger partial charge < -0.3 is 10.2 Å². The highest BCUT2D eigenvalue weighted by molar-refractivity contribution is 7.13. The van der Waals surface area contributed by atoms with Gasteiger partial charge in [-0.3, -0.25) is 0 Å². The van der Waals surface area contributed by atoms with Gasteiger partial charge in [0.1, 0.15) is 0 Å². The average Bonchev–Trinajstić information content (AvgIpc) is 2.98. The summed E-state index contributed by atoms with van der Waals surface area (Å²) in [4.78, 5) is 6.79. The van der Waals surface area contributed by atoms with E-state index in [0.29, 0.717) is 13.0 Å². The zero-order valence-corrected chi connectivity index (χ0v) is 13.1. The maximum absolute atomic E-state index is 8.85. The van der Waals surface area contributed by atoms with Crippen molar-refractivity contribution in [1.29, 1.82) is 5.26 Å². The highest BCUT2D eigenvalue weighted by atomic mass is 32.1. The van der Waals surface area contributed by atoms with Crippen LogP contribution in [0.4, 0.5) is 10.8 Å². The quantitative estimate of drug-likeness (QED) is 0.755. The van der Waals surface area contributed by atoms with Crippen molar-refractivity contribution in [3.8, 4) is 6.07 Å². The summed E-state index contributed by atoms with van der Waals surface area (Å²) in [6, 6.07) is 12.3. The molecule has 1 aromatic carbocycles. The van der Waals surface area contributed by atoms with Gasteiger partial charge in [0.2, 0.25) is 0 Å². The van der Waals surface area contributed by atoms with E-state index in [-0.39, 0.29) is 0 Å². The fourth-order valence-corrected chi connectivity index (χ4v) is 2.87. The zero-order valence-electron chi connectivity index (χ0n) is 12.2. The van der Waals surface area contributed by atoms with E-state index in [1.54, 1.807) is 11.3 Å². The van der Waals surface area contributed by atoms with Gasteiger partial charge in [0.15, 0.2) is 5.13 Å². The van der Waals surface area contributed by atoms with E-state index >= 15 is 0 Å². The first-order chi connectivity index (χ1) is 10.3. The standard InChI is InChI=1S/C16H20N4S/c1-2-10-18-12-14-13-21-16(19-14)20(11-6-9-17)15-7-4-3-5-8-15/h3-5,7-8,13,18H,2,6,10-12H2,1H3. The number of hydrogen-bond acceptors (Lipinski definition) is 5. The minimum absolute atomic E-state index is 0.484. The first-order valence-electron chi connectivity index (χ1n) is 7.19. The number of aromatic nitrogens is 1. The molecule has 110 valence electrons. The number of nitriles is 1. The molecule has 0 fully saturated rings. The van der Waals surface area contributed by atoms with Crippen LogP contribution in [0.1, 0.15) is 25.5 Å².